The summed E-state index contributed by atoms with van der Waals surface area (Å²) in [5.74, 6) is 1.27. The number of methoxy groups -OCH3 is 2. The molecule has 25 heavy (non-hydrogen) atoms. The molecule has 1 aromatic heterocycles. The molecule has 0 radical (unpaired) electrons. The molecular weight excluding hydrogens is 322 g/mol. The molecule has 0 saturated carbocycles. The number of nitrogens with zero attached hydrogens (tertiary/aromatic N) is 1. The number of hydrogen-bond acceptors (Lipinski definition) is 6. The number of nitrogens with one attached hydrogen (secondary N) is 2. The molecule has 0 unspecified atom stereocenters. The van der Waals surface area contributed by atoms with Crippen molar-refractivity contribution in [1.29, 1.82) is 0 Å². The maximum atomic E-state index is 12.0. The minimum Gasteiger partial charge on any atom is -0.493 e. The van der Waals surface area contributed by atoms with Crippen molar-refractivity contribution in [2.45, 2.75) is 6.42 Å². The monoisotopic (exact) mass is 345 g/mol. The molecule has 134 valence electrons. The van der Waals surface area contributed by atoms with Gasteiger partial charge in [-0.3, -0.25) is 4.79 Å². The average molecular weight is 345 g/mol. The summed E-state index contributed by atoms with van der Waals surface area (Å²) >= 11 is 0. The van der Waals surface area contributed by atoms with Gasteiger partial charge in [-0.05, 0) is 30.7 Å². The standard InChI is InChI=1S/C18H23N3O4/c1-23-11-5-10-19-14-8-9-17(20-12-14)21-18(22)13-25-16-7-4-3-6-15(16)24-2/h3-4,6-9,12,19H,5,10-11,13H2,1-2H3,(H,20,21,22). The minimum absolute atomic E-state index is 0.126. The first-order chi connectivity index (χ1) is 12.2. The van der Waals surface area contributed by atoms with Crippen LogP contribution in [0, 0.1) is 0 Å². The van der Waals surface area contributed by atoms with Crippen LogP contribution in [-0.2, 0) is 9.53 Å². The first-order valence-electron chi connectivity index (χ1n) is 7.97. The lowest BCUT2D eigenvalue weighted by Crippen LogP contribution is -2.21. The van der Waals surface area contributed by atoms with Crippen molar-refractivity contribution in [3.05, 3.63) is 42.6 Å². The predicted molar refractivity (Wildman–Crippen MR) is 96.3 cm³/mol. The lowest BCUT2D eigenvalue weighted by atomic mass is 10.3. The molecule has 0 aliphatic heterocycles. The lowest BCUT2D eigenvalue weighted by molar-refractivity contribution is -0.118. The molecule has 1 heterocycles. The molecule has 1 amide bonds. The largest absolute Gasteiger partial charge is 0.493 e. The summed E-state index contributed by atoms with van der Waals surface area (Å²) in [6, 6.07) is 10.8. The number of aromatic nitrogens is 1. The normalized spacial score (nSPS) is 10.2. The van der Waals surface area contributed by atoms with Crippen LogP contribution in [0.15, 0.2) is 42.6 Å². The molecule has 7 nitrogen and oxygen atoms in total. The van der Waals surface area contributed by atoms with Gasteiger partial charge in [0.15, 0.2) is 18.1 Å². The smallest absolute Gasteiger partial charge is 0.263 e. The van der Waals surface area contributed by atoms with E-state index in [9.17, 15) is 4.79 Å². The molecule has 0 bridgehead atoms. The van der Waals surface area contributed by atoms with Crippen molar-refractivity contribution in [1.82, 2.24) is 4.98 Å². The molecule has 2 N–H and O–H groups in total. The van der Waals surface area contributed by atoms with Gasteiger partial charge < -0.3 is 24.8 Å². The Labute approximate surface area is 147 Å². The second-order valence-electron chi connectivity index (χ2n) is 5.19. The zero-order valence-corrected chi connectivity index (χ0v) is 14.5. The Hall–Kier alpha value is -2.80. The van der Waals surface area contributed by atoms with Crippen molar-refractivity contribution in [2.24, 2.45) is 0 Å². The molecular formula is C18H23N3O4. The highest BCUT2D eigenvalue weighted by molar-refractivity contribution is 5.91. The van der Waals surface area contributed by atoms with E-state index in [4.69, 9.17) is 14.2 Å². The summed E-state index contributed by atoms with van der Waals surface area (Å²) in [4.78, 5) is 16.2. The van der Waals surface area contributed by atoms with Crippen LogP contribution in [0.2, 0.25) is 0 Å². The number of benzene rings is 1. The van der Waals surface area contributed by atoms with Crippen molar-refractivity contribution >= 4 is 17.4 Å². The van der Waals surface area contributed by atoms with Crippen molar-refractivity contribution in [2.75, 3.05) is 44.6 Å². The number of carbonyl (C=O) groups is 1. The molecule has 0 fully saturated rings. The van der Waals surface area contributed by atoms with E-state index in [1.54, 1.807) is 38.6 Å². The number of rotatable bonds is 10. The van der Waals surface area contributed by atoms with E-state index in [0.29, 0.717) is 23.9 Å². The van der Waals surface area contributed by atoms with Crippen LogP contribution >= 0.6 is 0 Å². The van der Waals surface area contributed by atoms with Crippen molar-refractivity contribution in [3.63, 3.8) is 0 Å². The van der Waals surface area contributed by atoms with Gasteiger partial charge >= 0.3 is 0 Å². The van der Waals surface area contributed by atoms with Gasteiger partial charge in [0.1, 0.15) is 5.82 Å². The molecule has 1 aromatic carbocycles. The summed E-state index contributed by atoms with van der Waals surface area (Å²) in [6.07, 6.45) is 2.58. The maximum absolute atomic E-state index is 12.0. The number of carbonyl (C=O) groups excluding carboxylic acids is 1. The molecule has 7 heteroatoms. The maximum Gasteiger partial charge on any atom is 0.263 e. The summed E-state index contributed by atoms with van der Waals surface area (Å²) in [6.45, 7) is 1.38. The number of ether oxygens (including phenoxy) is 3. The zero-order valence-electron chi connectivity index (χ0n) is 14.5. The highest BCUT2D eigenvalue weighted by atomic mass is 16.5. The third-order valence-electron chi connectivity index (χ3n) is 3.31. The van der Waals surface area contributed by atoms with E-state index in [0.717, 1.165) is 18.7 Å². The third-order valence-corrected chi connectivity index (χ3v) is 3.31. The highest BCUT2D eigenvalue weighted by Gasteiger charge is 2.07. The van der Waals surface area contributed by atoms with E-state index in [2.05, 4.69) is 15.6 Å². The Balaban J connectivity index is 1.78. The van der Waals surface area contributed by atoms with E-state index in [1.165, 1.54) is 0 Å². The van der Waals surface area contributed by atoms with Gasteiger partial charge in [0.25, 0.3) is 5.91 Å². The number of hydrogen-bond donors (Lipinski definition) is 2. The van der Waals surface area contributed by atoms with Crippen molar-refractivity contribution < 1.29 is 19.0 Å². The van der Waals surface area contributed by atoms with Gasteiger partial charge in [-0.15, -0.1) is 0 Å². The Morgan fingerprint density at radius 2 is 1.92 bits per heavy atom. The Bertz CT molecular complexity index is 662. The molecule has 2 rings (SSSR count). The second-order valence-corrected chi connectivity index (χ2v) is 5.19. The van der Waals surface area contributed by atoms with Crippen LogP contribution in [0.3, 0.4) is 0 Å². The highest BCUT2D eigenvalue weighted by Crippen LogP contribution is 2.25. The van der Waals surface area contributed by atoms with E-state index in [1.807, 2.05) is 18.2 Å². The number of amides is 1. The Kier molecular flexibility index (Phi) is 7.52. The first-order valence-corrected chi connectivity index (χ1v) is 7.97. The summed E-state index contributed by atoms with van der Waals surface area (Å²) in [5, 5.41) is 5.92. The van der Waals surface area contributed by atoms with Crippen LogP contribution in [0.1, 0.15) is 6.42 Å². The fourth-order valence-electron chi connectivity index (χ4n) is 2.08. The minimum atomic E-state index is -0.292. The van der Waals surface area contributed by atoms with E-state index in [-0.39, 0.29) is 12.5 Å². The Morgan fingerprint density at radius 1 is 1.12 bits per heavy atom. The summed E-state index contributed by atoms with van der Waals surface area (Å²) in [5.41, 5.74) is 0.888. The van der Waals surface area contributed by atoms with Crippen LogP contribution in [-0.4, -0.2) is 44.9 Å². The molecule has 0 aliphatic carbocycles. The quantitative estimate of drug-likeness (QED) is 0.644. The zero-order chi connectivity index (χ0) is 17.9. The lowest BCUT2D eigenvalue weighted by Gasteiger charge is -2.10. The Morgan fingerprint density at radius 3 is 2.60 bits per heavy atom. The van der Waals surface area contributed by atoms with Gasteiger partial charge in [-0.1, -0.05) is 12.1 Å². The van der Waals surface area contributed by atoms with Gasteiger partial charge in [0, 0.05) is 20.3 Å². The van der Waals surface area contributed by atoms with Crippen LogP contribution in [0.25, 0.3) is 0 Å². The molecule has 0 aliphatic rings. The molecule has 0 spiro atoms. The average Bonchev–Trinajstić information content (AvgIpc) is 2.65. The number of pyridine rings is 1. The van der Waals surface area contributed by atoms with E-state index < -0.39 is 0 Å². The van der Waals surface area contributed by atoms with Crippen molar-refractivity contribution in [3.8, 4) is 11.5 Å². The van der Waals surface area contributed by atoms with Gasteiger partial charge in [-0.2, -0.15) is 0 Å². The summed E-state index contributed by atoms with van der Waals surface area (Å²) < 4.78 is 15.6. The topological polar surface area (TPSA) is 81.7 Å². The van der Waals surface area contributed by atoms with Crippen LogP contribution in [0.4, 0.5) is 11.5 Å². The molecule has 0 atom stereocenters. The predicted octanol–water partition coefficient (Wildman–Crippen LogP) is 2.56. The third kappa shape index (κ3) is 6.31. The SMILES string of the molecule is COCCCNc1ccc(NC(=O)COc2ccccc2OC)nc1. The van der Waals surface area contributed by atoms with Crippen LogP contribution < -0.4 is 20.1 Å². The van der Waals surface area contributed by atoms with Gasteiger partial charge in [0.05, 0.1) is 19.0 Å². The summed E-state index contributed by atoms with van der Waals surface area (Å²) in [7, 11) is 3.23. The number of anilines is 2. The van der Waals surface area contributed by atoms with Gasteiger partial charge in [-0.25, -0.2) is 4.98 Å². The molecule has 2 aromatic rings. The van der Waals surface area contributed by atoms with E-state index >= 15 is 0 Å². The fourth-order valence-corrected chi connectivity index (χ4v) is 2.08. The number of para-hydroxylation sites is 2. The van der Waals surface area contributed by atoms with Crippen LogP contribution in [0.5, 0.6) is 11.5 Å². The molecule has 0 saturated heterocycles. The van der Waals surface area contributed by atoms with Gasteiger partial charge in [0.2, 0.25) is 0 Å². The second kappa shape index (κ2) is 10.1. The fraction of sp³-hybridized carbons (Fsp3) is 0.333. The first kappa shape index (κ1) is 18.5.